The van der Waals surface area contributed by atoms with Crippen LogP contribution in [0.25, 0.3) is 10.3 Å². The Bertz CT molecular complexity index is 791. The minimum atomic E-state index is 0.530. The molecule has 0 unspecified atom stereocenters. The molecule has 2 heterocycles. The van der Waals surface area contributed by atoms with Crippen LogP contribution in [0.4, 0.5) is 0 Å². The summed E-state index contributed by atoms with van der Waals surface area (Å²) in [5, 5.41) is 0. The molecule has 0 amide bonds. The maximum Gasteiger partial charge on any atom is 0.143 e. The number of benzene rings is 1. The maximum atomic E-state index is 5.90. The van der Waals surface area contributed by atoms with Gasteiger partial charge in [-0.1, -0.05) is 44.2 Å². The highest BCUT2D eigenvalue weighted by molar-refractivity contribution is 7.16. The minimum Gasteiger partial charge on any atom is -0.489 e. The molecular formula is C20H22N2OS. The number of nitrogens with zero attached hydrogens (tertiary/aromatic N) is 2. The average Bonchev–Trinajstić information content (AvgIpc) is 3.10. The van der Waals surface area contributed by atoms with Gasteiger partial charge in [0.1, 0.15) is 22.7 Å². The van der Waals surface area contributed by atoms with Crippen LogP contribution in [0.2, 0.25) is 0 Å². The lowest BCUT2D eigenvalue weighted by Crippen LogP contribution is -2.09. The highest BCUT2D eigenvalue weighted by Gasteiger charge is 2.13. The standard InChI is InChI=1S/C20H22N2OS/c1-2-4-15(5-3-1)10-16-6-8-18(9-7-16)23-13-17-11-19-20(21-12-17)24-14-22-19/h6-9,11-12,14-15H,1-5,10,13H2. The molecule has 3 nitrogen and oxygen atoms in total. The third kappa shape index (κ3) is 3.75. The number of fused-ring (bicyclic) bond motifs is 1. The minimum absolute atomic E-state index is 0.530. The summed E-state index contributed by atoms with van der Waals surface area (Å²) in [6.07, 6.45) is 10.1. The number of hydrogen-bond acceptors (Lipinski definition) is 4. The second-order valence-corrected chi connectivity index (χ2v) is 7.49. The van der Waals surface area contributed by atoms with E-state index in [1.807, 2.05) is 11.7 Å². The van der Waals surface area contributed by atoms with Crippen molar-refractivity contribution in [1.29, 1.82) is 0 Å². The maximum absolute atomic E-state index is 5.90. The molecule has 0 atom stereocenters. The van der Waals surface area contributed by atoms with Crippen molar-refractivity contribution in [3.63, 3.8) is 0 Å². The Balaban J connectivity index is 1.34. The molecule has 24 heavy (non-hydrogen) atoms. The van der Waals surface area contributed by atoms with Gasteiger partial charge in [-0.15, -0.1) is 11.3 Å². The van der Waals surface area contributed by atoms with Gasteiger partial charge in [0.25, 0.3) is 0 Å². The van der Waals surface area contributed by atoms with Gasteiger partial charge in [0.15, 0.2) is 0 Å². The third-order valence-corrected chi connectivity index (χ3v) is 5.57. The fourth-order valence-corrected chi connectivity index (χ4v) is 4.10. The van der Waals surface area contributed by atoms with Crippen LogP contribution >= 0.6 is 11.3 Å². The topological polar surface area (TPSA) is 35.0 Å². The van der Waals surface area contributed by atoms with Gasteiger partial charge in [0, 0.05) is 11.8 Å². The second kappa shape index (κ2) is 7.31. The van der Waals surface area contributed by atoms with E-state index in [2.05, 4.69) is 40.3 Å². The molecule has 3 aromatic rings. The van der Waals surface area contributed by atoms with Crippen molar-refractivity contribution in [3.8, 4) is 5.75 Å². The predicted molar refractivity (Wildman–Crippen MR) is 98.5 cm³/mol. The zero-order chi connectivity index (χ0) is 16.2. The lowest BCUT2D eigenvalue weighted by atomic mass is 9.85. The first kappa shape index (κ1) is 15.6. The molecule has 124 valence electrons. The van der Waals surface area contributed by atoms with E-state index < -0.39 is 0 Å². The van der Waals surface area contributed by atoms with Crippen LogP contribution < -0.4 is 4.74 Å². The number of ether oxygens (including phenoxy) is 1. The Labute approximate surface area is 146 Å². The molecule has 0 aliphatic heterocycles. The zero-order valence-corrected chi connectivity index (χ0v) is 14.6. The van der Waals surface area contributed by atoms with Gasteiger partial charge >= 0.3 is 0 Å². The first-order valence-corrected chi connectivity index (χ1v) is 9.65. The molecule has 1 saturated carbocycles. The summed E-state index contributed by atoms with van der Waals surface area (Å²) in [7, 11) is 0. The first-order valence-electron chi connectivity index (χ1n) is 8.77. The number of aromatic nitrogens is 2. The van der Waals surface area contributed by atoms with Crippen LogP contribution in [0, 0.1) is 5.92 Å². The van der Waals surface area contributed by atoms with Crippen LogP contribution in [0.5, 0.6) is 5.75 Å². The summed E-state index contributed by atoms with van der Waals surface area (Å²) in [6.45, 7) is 0.530. The van der Waals surface area contributed by atoms with Crippen LogP contribution in [0.3, 0.4) is 0 Å². The fraction of sp³-hybridized carbons (Fsp3) is 0.400. The SMILES string of the molecule is c1nc2cc(COc3ccc(CC4CCCCC4)cc3)cnc2s1. The van der Waals surface area contributed by atoms with Crippen molar-refractivity contribution in [2.24, 2.45) is 5.92 Å². The van der Waals surface area contributed by atoms with Crippen LogP contribution in [0.15, 0.2) is 42.0 Å². The molecule has 1 aromatic carbocycles. The van der Waals surface area contributed by atoms with E-state index in [0.29, 0.717) is 6.61 Å². The predicted octanol–water partition coefficient (Wildman–Crippen LogP) is 5.39. The van der Waals surface area contributed by atoms with Gasteiger partial charge in [0.2, 0.25) is 0 Å². The summed E-state index contributed by atoms with van der Waals surface area (Å²) in [6, 6.07) is 10.7. The van der Waals surface area contributed by atoms with E-state index in [1.54, 1.807) is 11.3 Å². The number of pyridine rings is 1. The Morgan fingerprint density at radius 3 is 2.67 bits per heavy atom. The Hall–Kier alpha value is -1.94. The summed E-state index contributed by atoms with van der Waals surface area (Å²) in [5.74, 6) is 1.79. The summed E-state index contributed by atoms with van der Waals surface area (Å²) >= 11 is 1.56. The molecule has 1 fully saturated rings. The number of rotatable bonds is 5. The average molecular weight is 338 g/mol. The van der Waals surface area contributed by atoms with Crippen molar-refractivity contribution in [3.05, 3.63) is 53.2 Å². The second-order valence-electron chi connectivity index (χ2n) is 6.66. The smallest absolute Gasteiger partial charge is 0.143 e. The van der Waals surface area contributed by atoms with Gasteiger partial charge < -0.3 is 4.74 Å². The largest absolute Gasteiger partial charge is 0.489 e. The third-order valence-electron chi connectivity index (χ3n) is 4.82. The van der Waals surface area contributed by atoms with E-state index in [-0.39, 0.29) is 0 Å². The molecule has 2 aromatic heterocycles. The normalized spacial score (nSPS) is 15.7. The Morgan fingerprint density at radius 2 is 1.83 bits per heavy atom. The number of thiazole rings is 1. The van der Waals surface area contributed by atoms with Crippen LogP contribution in [0.1, 0.15) is 43.2 Å². The molecule has 0 N–H and O–H groups in total. The molecule has 0 radical (unpaired) electrons. The number of hydrogen-bond donors (Lipinski definition) is 0. The van der Waals surface area contributed by atoms with Crippen molar-refractivity contribution in [1.82, 2.24) is 9.97 Å². The lowest BCUT2D eigenvalue weighted by molar-refractivity contribution is 0.305. The van der Waals surface area contributed by atoms with Crippen LogP contribution in [-0.2, 0) is 13.0 Å². The lowest BCUT2D eigenvalue weighted by Gasteiger charge is -2.21. The van der Waals surface area contributed by atoms with E-state index in [1.165, 1.54) is 44.1 Å². The van der Waals surface area contributed by atoms with Gasteiger partial charge in [-0.3, -0.25) is 0 Å². The highest BCUT2D eigenvalue weighted by Crippen LogP contribution is 2.27. The van der Waals surface area contributed by atoms with Crippen molar-refractivity contribution in [2.75, 3.05) is 0 Å². The van der Waals surface area contributed by atoms with Crippen molar-refractivity contribution in [2.45, 2.75) is 45.1 Å². The zero-order valence-electron chi connectivity index (χ0n) is 13.8. The highest BCUT2D eigenvalue weighted by atomic mass is 32.1. The molecule has 1 aliphatic rings. The summed E-state index contributed by atoms with van der Waals surface area (Å²) in [5.41, 5.74) is 5.26. The molecule has 4 heteroatoms. The molecule has 4 rings (SSSR count). The summed E-state index contributed by atoms with van der Waals surface area (Å²) in [4.78, 5) is 9.69. The van der Waals surface area contributed by atoms with Crippen LogP contribution in [-0.4, -0.2) is 9.97 Å². The Morgan fingerprint density at radius 1 is 1.00 bits per heavy atom. The van der Waals surface area contributed by atoms with Crippen molar-refractivity contribution < 1.29 is 4.74 Å². The summed E-state index contributed by atoms with van der Waals surface area (Å²) < 4.78 is 5.90. The molecule has 0 spiro atoms. The fourth-order valence-electron chi connectivity index (χ4n) is 3.49. The van der Waals surface area contributed by atoms with Gasteiger partial charge in [-0.25, -0.2) is 9.97 Å². The quantitative estimate of drug-likeness (QED) is 0.625. The van der Waals surface area contributed by atoms with E-state index in [0.717, 1.165) is 27.6 Å². The van der Waals surface area contributed by atoms with E-state index >= 15 is 0 Å². The van der Waals surface area contributed by atoms with E-state index in [4.69, 9.17) is 4.74 Å². The molecule has 1 aliphatic carbocycles. The van der Waals surface area contributed by atoms with Gasteiger partial charge in [0.05, 0.1) is 5.51 Å². The van der Waals surface area contributed by atoms with Gasteiger partial charge in [-0.05, 0) is 36.1 Å². The van der Waals surface area contributed by atoms with E-state index in [9.17, 15) is 0 Å². The first-order chi connectivity index (χ1) is 11.9. The Kier molecular flexibility index (Phi) is 4.74. The molecule has 0 bridgehead atoms. The monoisotopic (exact) mass is 338 g/mol. The van der Waals surface area contributed by atoms with Gasteiger partial charge in [-0.2, -0.15) is 0 Å². The van der Waals surface area contributed by atoms with Crippen molar-refractivity contribution >= 4 is 21.7 Å². The molecule has 0 saturated heterocycles. The molecular weight excluding hydrogens is 316 g/mol.